The molecule has 1 saturated heterocycles. The minimum atomic E-state index is 0.190. The summed E-state index contributed by atoms with van der Waals surface area (Å²) >= 11 is 1.65. The summed E-state index contributed by atoms with van der Waals surface area (Å²) in [4.78, 5) is 17.1. The Labute approximate surface area is 177 Å². The number of aryl methyl sites for hydroxylation is 2. The van der Waals surface area contributed by atoms with E-state index in [4.69, 9.17) is 5.73 Å². The molecule has 0 bridgehead atoms. The maximum absolute atomic E-state index is 13.0. The second kappa shape index (κ2) is 9.38. The minimum absolute atomic E-state index is 0.190. The highest BCUT2D eigenvalue weighted by Crippen LogP contribution is 2.30. The van der Waals surface area contributed by atoms with E-state index in [-0.39, 0.29) is 5.91 Å². The van der Waals surface area contributed by atoms with Gasteiger partial charge in [0.2, 0.25) is 0 Å². The van der Waals surface area contributed by atoms with Crippen molar-refractivity contribution in [2.45, 2.75) is 38.1 Å². The summed E-state index contributed by atoms with van der Waals surface area (Å²) in [5.41, 5.74) is 9.66. The van der Waals surface area contributed by atoms with Gasteiger partial charge in [-0.2, -0.15) is 0 Å². The molecule has 1 fully saturated rings. The molecule has 3 nitrogen and oxygen atoms in total. The molecule has 2 N–H and O–H groups in total. The van der Waals surface area contributed by atoms with Crippen LogP contribution in [-0.4, -0.2) is 23.9 Å². The predicted octanol–water partition coefficient (Wildman–Crippen LogP) is 5.01. The molecule has 0 saturated carbocycles. The molecular weight excluding hydrogens is 376 g/mol. The summed E-state index contributed by atoms with van der Waals surface area (Å²) in [6.07, 6.45) is 4.04. The van der Waals surface area contributed by atoms with Gasteiger partial charge in [0.1, 0.15) is 0 Å². The van der Waals surface area contributed by atoms with E-state index in [9.17, 15) is 4.79 Å². The lowest BCUT2D eigenvalue weighted by Crippen LogP contribution is -2.37. The molecule has 0 unspecified atom stereocenters. The van der Waals surface area contributed by atoms with E-state index in [1.54, 1.807) is 11.3 Å². The van der Waals surface area contributed by atoms with Gasteiger partial charge >= 0.3 is 0 Å². The maximum Gasteiger partial charge on any atom is 0.263 e. The van der Waals surface area contributed by atoms with Gasteiger partial charge in [0.25, 0.3) is 5.91 Å². The minimum Gasteiger partial charge on any atom is -0.338 e. The van der Waals surface area contributed by atoms with Crippen LogP contribution in [0.3, 0.4) is 0 Å². The van der Waals surface area contributed by atoms with Gasteiger partial charge in [0.05, 0.1) is 4.88 Å². The number of nitrogens with zero attached hydrogens (tertiary/aromatic N) is 1. The van der Waals surface area contributed by atoms with E-state index in [1.165, 1.54) is 21.6 Å². The van der Waals surface area contributed by atoms with Gasteiger partial charge in [-0.3, -0.25) is 4.79 Å². The molecule has 0 radical (unpaired) electrons. The molecule has 4 heteroatoms. The SMILES string of the molecule is NCc1cccc(C2CCN(C(=O)c3ccc(CCc4ccccc4)s3)CC2)c1. The normalized spacial score (nSPS) is 14.9. The number of nitrogens with two attached hydrogens (primary N) is 1. The van der Waals surface area contributed by atoms with Crippen LogP contribution in [0.15, 0.2) is 66.7 Å². The van der Waals surface area contributed by atoms with Crippen LogP contribution >= 0.6 is 11.3 Å². The number of amides is 1. The van der Waals surface area contributed by atoms with Gasteiger partial charge < -0.3 is 10.6 Å². The first kappa shape index (κ1) is 19.9. The summed E-state index contributed by atoms with van der Waals surface area (Å²) in [6.45, 7) is 2.23. The number of hydrogen-bond donors (Lipinski definition) is 1. The van der Waals surface area contributed by atoms with Crippen LogP contribution in [0, 0.1) is 0 Å². The van der Waals surface area contributed by atoms with E-state index < -0.39 is 0 Å². The number of benzene rings is 2. The molecule has 150 valence electrons. The molecule has 0 spiro atoms. The maximum atomic E-state index is 13.0. The Morgan fingerprint density at radius 3 is 2.45 bits per heavy atom. The van der Waals surface area contributed by atoms with Crippen LogP contribution in [-0.2, 0) is 19.4 Å². The van der Waals surface area contributed by atoms with Crippen LogP contribution in [0.25, 0.3) is 0 Å². The molecule has 1 amide bonds. The lowest BCUT2D eigenvalue weighted by molar-refractivity contribution is 0.0718. The van der Waals surface area contributed by atoms with Crippen LogP contribution in [0.5, 0.6) is 0 Å². The molecule has 1 aliphatic heterocycles. The highest BCUT2D eigenvalue weighted by Gasteiger charge is 2.25. The number of carbonyl (C=O) groups is 1. The molecule has 0 atom stereocenters. The zero-order valence-electron chi connectivity index (χ0n) is 16.7. The van der Waals surface area contributed by atoms with Crippen LogP contribution < -0.4 is 5.73 Å². The van der Waals surface area contributed by atoms with E-state index in [0.29, 0.717) is 12.5 Å². The molecule has 0 aliphatic carbocycles. The van der Waals surface area contributed by atoms with Crippen molar-refractivity contribution in [3.05, 3.63) is 93.2 Å². The Morgan fingerprint density at radius 1 is 0.931 bits per heavy atom. The Morgan fingerprint density at radius 2 is 1.69 bits per heavy atom. The van der Waals surface area contributed by atoms with Gasteiger partial charge in [-0.25, -0.2) is 0 Å². The smallest absolute Gasteiger partial charge is 0.263 e. The fourth-order valence-corrected chi connectivity index (χ4v) is 5.06. The van der Waals surface area contributed by atoms with Crippen molar-refractivity contribution in [1.29, 1.82) is 0 Å². The standard InChI is InChI=1S/C25H28N2OS/c26-18-20-7-4-8-22(17-20)21-13-15-27(16-14-21)25(28)24-12-11-23(29-24)10-9-19-5-2-1-3-6-19/h1-8,11-12,17,21H,9-10,13-16,18,26H2. The number of hydrogen-bond acceptors (Lipinski definition) is 3. The van der Waals surface area contributed by atoms with Crippen molar-refractivity contribution in [2.24, 2.45) is 5.73 Å². The largest absolute Gasteiger partial charge is 0.338 e. The zero-order chi connectivity index (χ0) is 20.1. The van der Waals surface area contributed by atoms with Crippen molar-refractivity contribution in [1.82, 2.24) is 4.90 Å². The van der Waals surface area contributed by atoms with Crippen molar-refractivity contribution < 1.29 is 4.79 Å². The Balaban J connectivity index is 1.32. The first-order valence-corrected chi connectivity index (χ1v) is 11.3. The van der Waals surface area contributed by atoms with Crippen LogP contribution in [0.2, 0.25) is 0 Å². The predicted molar refractivity (Wildman–Crippen MR) is 120 cm³/mol. The third-order valence-electron chi connectivity index (χ3n) is 5.82. The summed E-state index contributed by atoms with van der Waals surface area (Å²) in [6, 6.07) is 23.2. The molecule has 2 heterocycles. The third-order valence-corrected chi connectivity index (χ3v) is 6.95. The third kappa shape index (κ3) is 4.95. The lowest BCUT2D eigenvalue weighted by atomic mass is 9.88. The fraction of sp³-hybridized carbons (Fsp3) is 0.320. The number of piperidine rings is 1. The van der Waals surface area contributed by atoms with Gasteiger partial charge in [-0.15, -0.1) is 11.3 Å². The van der Waals surface area contributed by atoms with Gasteiger partial charge in [0.15, 0.2) is 0 Å². The summed E-state index contributed by atoms with van der Waals surface area (Å²) in [7, 11) is 0. The van der Waals surface area contributed by atoms with Crippen LogP contribution in [0.1, 0.15) is 50.0 Å². The highest BCUT2D eigenvalue weighted by atomic mass is 32.1. The molecule has 1 aliphatic rings. The topological polar surface area (TPSA) is 46.3 Å². The highest BCUT2D eigenvalue weighted by molar-refractivity contribution is 7.14. The summed E-state index contributed by atoms with van der Waals surface area (Å²) in [5, 5.41) is 0. The van der Waals surface area contributed by atoms with Crippen LogP contribution in [0.4, 0.5) is 0 Å². The second-order valence-electron chi connectivity index (χ2n) is 7.77. The zero-order valence-corrected chi connectivity index (χ0v) is 17.5. The van der Waals surface area contributed by atoms with Gasteiger partial charge in [-0.1, -0.05) is 54.6 Å². The number of rotatable bonds is 6. The molecule has 2 aromatic carbocycles. The molecule has 3 aromatic rings. The van der Waals surface area contributed by atoms with E-state index in [0.717, 1.165) is 43.6 Å². The second-order valence-corrected chi connectivity index (χ2v) is 8.94. The van der Waals surface area contributed by atoms with Gasteiger partial charge in [0, 0.05) is 24.5 Å². The number of carbonyl (C=O) groups excluding carboxylic acids is 1. The van der Waals surface area contributed by atoms with Gasteiger partial charge in [-0.05, 0) is 60.4 Å². The van der Waals surface area contributed by atoms with E-state index in [1.807, 2.05) is 17.0 Å². The molecule has 29 heavy (non-hydrogen) atoms. The first-order valence-electron chi connectivity index (χ1n) is 10.4. The van der Waals surface area contributed by atoms with E-state index in [2.05, 4.69) is 54.6 Å². The van der Waals surface area contributed by atoms with E-state index >= 15 is 0 Å². The average molecular weight is 405 g/mol. The molecule has 1 aromatic heterocycles. The Hall–Kier alpha value is -2.43. The van der Waals surface area contributed by atoms with Crippen molar-refractivity contribution in [3.63, 3.8) is 0 Å². The lowest BCUT2D eigenvalue weighted by Gasteiger charge is -2.32. The number of thiophene rings is 1. The monoisotopic (exact) mass is 404 g/mol. The summed E-state index contributed by atoms with van der Waals surface area (Å²) < 4.78 is 0. The molecule has 4 rings (SSSR count). The number of likely N-dealkylation sites (tertiary alicyclic amines) is 1. The Bertz CT molecular complexity index is 942. The fourth-order valence-electron chi connectivity index (χ4n) is 4.09. The quantitative estimate of drug-likeness (QED) is 0.628. The molecular formula is C25H28N2OS. The Kier molecular flexibility index (Phi) is 6.43. The average Bonchev–Trinajstić information content (AvgIpc) is 3.27. The van der Waals surface area contributed by atoms with Crippen molar-refractivity contribution in [2.75, 3.05) is 13.1 Å². The summed E-state index contributed by atoms with van der Waals surface area (Å²) in [5.74, 6) is 0.713. The van der Waals surface area contributed by atoms with Crippen molar-refractivity contribution in [3.8, 4) is 0 Å². The first-order chi connectivity index (χ1) is 14.2. The van der Waals surface area contributed by atoms with Crippen molar-refractivity contribution >= 4 is 17.2 Å².